The fourth-order valence-corrected chi connectivity index (χ4v) is 5.11. The predicted molar refractivity (Wildman–Crippen MR) is 136 cm³/mol. The fourth-order valence-electron chi connectivity index (χ4n) is 4.42. The van der Waals surface area contributed by atoms with Crippen molar-refractivity contribution in [1.29, 1.82) is 0 Å². The Labute approximate surface area is 199 Å². The Morgan fingerprint density at radius 2 is 1.33 bits per heavy atom. The van der Waals surface area contributed by atoms with Gasteiger partial charge >= 0.3 is 0 Å². The molecule has 1 aliphatic heterocycles. The zero-order valence-electron chi connectivity index (χ0n) is 18.4. The summed E-state index contributed by atoms with van der Waals surface area (Å²) in [4.78, 5) is 19.3. The van der Waals surface area contributed by atoms with Gasteiger partial charge < -0.3 is 4.90 Å². The maximum absolute atomic E-state index is 13.7. The molecule has 0 fully saturated rings. The first kappa shape index (κ1) is 21.4. The molecule has 0 spiro atoms. The molecule has 2 heterocycles. The lowest BCUT2D eigenvalue weighted by Gasteiger charge is -2.40. The molecular formula is C29H26N2OS. The van der Waals surface area contributed by atoms with E-state index < -0.39 is 0 Å². The van der Waals surface area contributed by atoms with Gasteiger partial charge in [-0.1, -0.05) is 97.1 Å². The zero-order chi connectivity index (χ0) is 22.5. The van der Waals surface area contributed by atoms with Crippen molar-refractivity contribution in [3.05, 3.63) is 136 Å². The van der Waals surface area contributed by atoms with Crippen LogP contribution in [0.2, 0.25) is 0 Å². The van der Waals surface area contributed by atoms with Gasteiger partial charge in [-0.25, -0.2) is 0 Å². The summed E-state index contributed by atoms with van der Waals surface area (Å²) in [6.07, 6.45) is 0. The number of Topliss-reactive ketones (excluding diaryl/α,β-unsaturated/α-hetero) is 1. The van der Waals surface area contributed by atoms with Gasteiger partial charge in [-0.05, 0) is 28.1 Å². The van der Waals surface area contributed by atoms with Crippen LogP contribution in [0.15, 0.2) is 114 Å². The smallest absolute Gasteiger partial charge is 0.202 e. The van der Waals surface area contributed by atoms with Crippen LogP contribution in [0, 0.1) is 0 Å². The van der Waals surface area contributed by atoms with Gasteiger partial charge in [0.25, 0.3) is 0 Å². The van der Waals surface area contributed by atoms with Crippen LogP contribution in [0.5, 0.6) is 0 Å². The normalized spacial score (nSPS) is 14.5. The lowest BCUT2D eigenvalue weighted by molar-refractivity contribution is 0.0991. The lowest BCUT2D eigenvalue weighted by atomic mass is 9.97. The minimum Gasteiger partial charge on any atom is -0.353 e. The molecular weight excluding hydrogens is 424 g/mol. The molecule has 5 rings (SSSR count). The number of benzene rings is 3. The number of hydrogen-bond acceptors (Lipinski definition) is 4. The molecule has 4 aromatic rings. The number of carbonyl (C=O) groups is 1. The molecule has 33 heavy (non-hydrogen) atoms. The minimum atomic E-state index is 0.125. The first-order chi connectivity index (χ1) is 16.3. The topological polar surface area (TPSA) is 23.6 Å². The van der Waals surface area contributed by atoms with E-state index >= 15 is 0 Å². The maximum atomic E-state index is 13.7. The molecule has 0 N–H and O–H groups in total. The Morgan fingerprint density at radius 1 is 0.727 bits per heavy atom. The van der Waals surface area contributed by atoms with Gasteiger partial charge in [-0.2, -0.15) is 0 Å². The predicted octanol–water partition coefficient (Wildman–Crippen LogP) is 6.32. The molecule has 0 amide bonds. The summed E-state index contributed by atoms with van der Waals surface area (Å²) in [6, 6.07) is 35.2. The first-order valence-electron chi connectivity index (χ1n) is 11.2. The van der Waals surface area contributed by atoms with Crippen molar-refractivity contribution < 1.29 is 4.79 Å². The standard InChI is InChI=1S/C29H26N2OS/c32-29(27-17-10-18-33-27)26-21-30(19-23-11-4-1-5-12-23)22-31(20-24-13-6-2-7-14-24)28(26)25-15-8-3-9-16-25/h1-18H,19-22H2. The molecule has 3 nitrogen and oxygen atoms in total. The SMILES string of the molecule is O=C(C1=C(c2ccccc2)N(Cc2ccccc2)CN(Cc2ccccc2)C1)c1cccs1. The maximum Gasteiger partial charge on any atom is 0.202 e. The minimum absolute atomic E-state index is 0.125. The average Bonchev–Trinajstić information content (AvgIpc) is 3.40. The molecule has 0 saturated heterocycles. The molecule has 0 radical (unpaired) electrons. The molecule has 1 aromatic heterocycles. The third-order valence-corrected chi connectivity index (χ3v) is 6.75. The van der Waals surface area contributed by atoms with Crippen molar-refractivity contribution in [3.63, 3.8) is 0 Å². The monoisotopic (exact) mass is 450 g/mol. The average molecular weight is 451 g/mol. The van der Waals surface area contributed by atoms with Gasteiger partial charge in [0.1, 0.15) is 0 Å². The molecule has 0 unspecified atom stereocenters. The van der Waals surface area contributed by atoms with Crippen LogP contribution in [0.1, 0.15) is 26.4 Å². The van der Waals surface area contributed by atoms with E-state index in [1.165, 1.54) is 22.5 Å². The van der Waals surface area contributed by atoms with Gasteiger partial charge in [-0.15, -0.1) is 11.3 Å². The number of thiophene rings is 1. The molecule has 0 atom stereocenters. The summed E-state index contributed by atoms with van der Waals surface area (Å²) in [5, 5.41) is 1.97. The highest BCUT2D eigenvalue weighted by atomic mass is 32.1. The van der Waals surface area contributed by atoms with Crippen molar-refractivity contribution in [2.24, 2.45) is 0 Å². The number of hydrogen-bond donors (Lipinski definition) is 0. The van der Waals surface area contributed by atoms with Crippen molar-refractivity contribution in [1.82, 2.24) is 9.80 Å². The van der Waals surface area contributed by atoms with E-state index in [0.717, 1.165) is 41.5 Å². The Balaban J connectivity index is 1.59. The van der Waals surface area contributed by atoms with E-state index in [1.807, 2.05) is 47.8 Å². The summed E-state index contributed by atoms with van der Waals surface area (Å²) in [5.74, 6) is 0.125. The third-order valence-electron chi connectivity index (χ3n) is 5.89. The van der Waals surface area contributed by atoms with E-state index in [0.29, 0.717) is 6.54 Å². The Bertz CT molecular complexity index is 1220. The summed E-state index contributed by atoms with van der Waals surface area (Å²) >= 11 is 1.51. The van der Waals surface area contributed by atoms with Gasteiger partial charge in [0, 0.05) is 25.2 Å². The molecule has 1 aliphatic rings. The van der Waals surface area contributed by atoms with Crippen LogP contribution in [0.4, 0.5) is 0 Å². The molecule has 164 valence electrons. The van der Waals surface area contributed by atoms with Gasteiger partial charge in [0.05, 0.1) is 17.2 Å². The van der Waals surface area contributed by atoms with E-state index in [-0.39, 0.29) is 5.78 Å². The quantitative estimate of drug-likeness (QED) is 0.308. The largest absolute Gasteiger partial charge is 0.353 e. The van der Waals surface area contributed by atoms with Crippen molar-refractivity contribution in [3.8, 4) is 0 Å². The zero-order valence-corrected chi connectivity index (χ0v) is 19.2. The van der Waals surface area contributed by atoms with Crippen LogP contribution >= 0.6 is 11.3 Å². The summed E-state index contributed by atoms with van der Waals surface area (Å²) < 4.78 is 0. The highest BCUT2D eigenvalue weighted by Gasteiger charge is 2.30. The summed E-state index contributed by atoms with van der Waals surface area (Å²) in [5.41, 5.74) is 5.48. The number of carbonyl (C=O) groups excluding carboxylic acids is 1. The van der Waals surface area contributed by atoms with Crippen molar-refractivity contribution in [2.45, 2.75) is 13.1 Å². The van der Waals surface area contributed by atoms with Gasteiger partial charge in [-0.3, -0.25) is 9.69 Å². The first-order valence-corrected chi connectivity index (χ1v) is 12.1. The van der Waals surface area contributed by atoms with Gasteiger partial charge in [0.2, 0.25) is 5.78 Å². The second-order valence-electron chi connectivity index (χ2n) is 8.30. The second kappa shape index (κ2) is 9.99. The lowest BCUT2D eigenvalue weighted by Crippen LogP contribution is -2.44. The fraction of sp³-hybridized carbons (Fsp3) is 0.138. The Hall–Kier alpha value is -3.47. The van der Waals surface area contributed by atoms with E-state index in [1.54, 1.807) is 0 Å². The van der Waals surface area contributed by atoms with E-state index in [4.69, 9.17) is 0 Å². The van der Waals surface area contributed by atoms with E-state index in [9.17, 15) is 4.79 Å². The Morgan fingerprint density at radius 3 is 1.94 bits per heavy atom. The van der Waals surface area contributed by atoms with Crippen molar-refractivity contribution >= 4 is 22.8 Å². The molecule has 3 aromatic carbocycles. The van der Waals surface area contributed by atoms with Crippen LogP contribution < -0.4 is 0 Å². The summed E-state index contributed by atoms with van der Waals surface area (Å²) in [6.45, 7) is 2.93. The van der Waals surface area contributed by atoms with E-state index in [2.05, 4.69) is 70.5 Å². The third kappa shape index (κ3) is 4.98. The van der Waals surface area contributed by atoms with Crippen LogP contribution in [0.25, 0.3) is 5.70 Å². The molecule has 0 bridgehead atoms. The Kier molecular flexibility index (Phi) is 6.47. The van der Waals surface area contributed by atoms with Crippen molar-refractivity contribution in [2.75, 3.05) is 13.2 Å². The number of rotatable bonds is 7. The molecule has 0 saturated carbocycles. The highest BCUT2D eigenvalue weighted by molar-refractivity contribution is 7.12. The molecule has 4 heteroatoms. The van der Waals surface area contributed by atoms with Crippen LogP contribution in [-0.2, 0) is 13.1 Å². The number of nitrogens with zero attached hydrogens (tertiary/aromatic N) is 2. The summed E-state index contributed by atoms with van der Waals surface area (Å²) in [7, 11) is 0. The van der Waals surface area contributed by atoms with Crippen LogP contribution in [-0.4, -0.2) is 28.8 Å². The van der Waals surface area contributed by atoms with Gasteiger partial charge in [0.15, 0.2) is 0 Å². The molecule has 0 aliphatic carbocycles. The number of ketones is 1. The highest BCUT2D eigenvalue weighted by Crippen LogP contribution is 2.33. The second-order valence-corrected chi connectivity index (χ2v) is 9.24. The van der Waals surface area contributed by atoms with Crippen LogP contribution in [0.3, 0.4) is 0 Å².